The summed E-state index contributed by atoms with van der Waals surface area (Å²) in [5.41, 5.74) is 1.04. The Morgan fingerprint density at radius 2 is 1.85 bits per heavy atom. The lowest BCUT2D eigenvalue weighted by molar-refractivity contribution is -0.0149. The summed E-state index contributed by atoms with van der Waals surface area (Å²) in [4.78, 5) is 0. The molecule has 0 heterocycles. The summed E-state index contributed by atoms with van der Waals surface area (Å²) < 4.78 is 11.8. The molecule has 0 aliphatic carbocycles. The fourth-order valence-corrected chi connectivity index (χ4v) is 1.95. The Hall–Kier alpha value is -1.06. The van der Waals surface area contributed by atoms with E-state index in [-0.39, 0.29) is 11.6 Å². The summed E-state index contributed by atoms with van der Waals surface area (Å²) in [5, 5.41) is 3.48. The number of para-hydroxylation sites is 1. The highest BCUT2D eigenvalue weighted by Crippen LogP contribution is 2.26. The molecule has 0 spiro atoms. The summed E-state index contributed by atoms with van der Waals surface area (Å²) in [7, 11) is 0. The summed E-state index contributed by atoms with van der Waals surface area (Å²) in [6, 6.07) is 8.38. The first-order valence-electron chi connectivity index (χ1n) is 7.57. The highest BCUT2D eigenvalue weighted by Gasteiger charge is 2.19. The minimum Gasteiger partial charge on any atom is -0.493 e. The molecule has 1 aromatic carbocycles. The fraction of sp³-hybridized carbons (Fsp3) is 0.647. The van der Waals surface area contributed by atoms with E-state index >= 15 is 0 Å². The topological polar surface area (TPSA) is 30.5 Å². The van der Waals surface area contributed by atoms with Crippen LogP contribution in [0.4, 0.5) is 0 Å². The molecule has 20 heavy (non-hydrogen) atoms. The van der Waals surface area contributed by atoms with Gasteiger partial charge in [0.05, 0.1) is 24.9 Å². The van der Waals surface area contributed by atoms with Gasteiger partial charge in [0.2, 0.25) is 0 Å². The maximum atomic E-state index is 5.94. The van der Waals surface area contributed by atoms with Crippen molar-refractivity contribution in [2.75, 3.05) is 19.8 Å². The SMILES string of the molecule is CCCOc1ccccc1C(COC(C)(C)C)NCC. The molecule has 0 aliphatic heterocycles. The molecule has 1 aromatic rings. The monoisotopic (exact) mass is 279 g/mol. The Balaban J connectivity index is 2.84. The lowest BCUT2D eigenvalue weighted by Gasteiger charge is -2.26. The van der Waals surface area contributed by atoms with Gasteiger partial charge in [-0.25, -0.2) is 0 Å². The number of likely N-dealkylation sites (N-methyl/N-ethyl adjacent to an activating group) is 1. The maximum absolute atomic E-state index is 5.94. The van der Waals surface area contributed by atoms with E-state index in [1.807, 2.05) is 12.1 Å². The minimum atomic E-state index is -0.132. The quantitative estimate of drug-likeness (QED) is 0.782. The standard InChI is InChI=1S/C17H29NO2/c1-6-12-19-16-11-9-8-10-14(16)15(18-7-2)13-20-17(3,4)5/h8-11,15,18H,6-7,12-13H2,1-5H3. The van der Waals surface area contributed by atoms with Crippen molar-refractivity contribution in [1.82, 2.24) is 5.32 Å². The van der Waals surface area contributed by atoms with Crippen molar-refractivity contribution in [3.63, 3.8) is 0 Å². The van der Waals surface area contributed by atoms with Gasteiger partial charge < -0.3 is 14.8 Å². The lowest BCUT2D eigenvalue weighted by Crippen LogP contribution is -2.30. The molecule has 0 aliphatic rings. The minimum absolute atomic E-state index is 0.132. The summed E-state index contributed by atoms with van der Waals surface area (Å²) in [6.07, 6.45) is 1.01. The largest absolute Gasteiger partial charge is 0.493 e. The van der Waals surface area contributed by atoms with Crippen LogP contribution in [0.25, 0.3) is 0 Å². The predicted octanol–water partition coefficient (Wildman–Crippen LogP) is 3.94. The molecule has 0 radical (unpaired) electrons. The van der Waals surface area contributed by atoms with Crippen LogP contribution in [0.2, 0.25) is 0 Å². The molecule has 0 bridgehead atoms. The second-order valence-electron chi connectivity index (χ2n) is 5.92. The molecule has 0 saturated heterocycles. The molecule has 0 aromatic heterocycles. The second kappa shape index (κ2) is 8.28. The Morgan fingerprint density at radius 1 is 1.15 bits per heavy atom. The van der Waals surface area contributed by atoms with Crippen molar-refractivity contribution in [1.29, 1.82) is 0 Å². The first kappa shape index (κ1) is 17.0. The van der Waals surface area contributed by atoms with Crippen molar-refractivity contribution in [2.45, 2.75) is 52.7 Å². The molecular formula is C17H29NO2. The van der Waals surface area contributed by atoms with Gasteiger partial charge in [0.15, 0.2) is 0 Å². The normalized spacial score (nSPS) is 13.2. The van der Waals surface area contributed by atoms with Crippen molar-refractivity contribution >= 4 is 0 Å². The van der Waals surface area contributed by atoms with Crippen LogP contribution in [0.15, 0.2) is 24.3 Å². The van der Waals surface area contributed by atoms with Gasteiger partial charge in [-0.3, -0.25) is 0 Å². The fourth-order valence-electron chi connectivity index (χ4n) is 1.95. The van der Waals surface area contributed by atoms with Crippen LogP contribution in [-0.2, 0) is 4.74 Å². The van der Waals surface area contributed by atoms with E-state index in [1.54, 1.807) is 0 Å². The Kier molecular flexibility index (Phi) is 7.03. The molecular weight excluding hydrogens is 250 g/mol. The van der Waals surface area contributed by atoms with Gasteiger partial charge in [0, 0.05) is 5.56 Å². The number of nitrogens with one attached hydrogen (secondary N) is 1. The number of ether oxygens (including phenoxy) is 2. The third-order valence-electron chi connectivity index (χ3n) is 2.89. The van der Waals surface area contributed by atoms with E-state index in [2.05, 4.69) is 52.1 Å². The van der Waals surface area contributed by atoms with Crippen LogP contribution in [-0.4, -0.2) is 25.4 Å². The third-order valence-corrected chi connectivity index (χ3v) is 2.89. The highest BCUT2D eigenvalue weighted by atomic mass is 16.5. The van der Waals surface area contributed by atoms with Crippen molar-refractivity contribution < 1.29 is 9.47 Å². The third kappa shape index (κ3) is 5.93. The van der Waals surface area contributed by atoms with Crippen LogP contribution in [0.5, 0.6) is 5.75 Å². The van der Waals surface area contributed by atoms with E-state index in [1.165, 1.54) is 5.56 Å². The maximum Gasteiger partial charge on any atom is 0.124 e. The summed E-state index contributed by atoms with van der Waals surface area (Å²) >= 11 is 0. The Labute approximate surface area is 123 Å². The van der Waals surface area contributed by atoms with Gasteiger partial charge in [-0.15, -0.1) is 0 Å². The van der Waals surface area contributed by atoms with Crippen LogP contribution in [0.3, 0.4) is 0 Å². The predicted molar refractivity (Wildman–Crippen MR) is 84.4 cm³/mol. The van der Waals surface area contributed by atoms with Crippen LogP contribution >= 0.6 is 0 Å². The highest BCUT2D eigenvalue weighted by molar-refractivity contribution is 5.36. The molecule has 0 fully saturated rings. The van der Waals surface area contributed by atoms with E-state index in [0.717, 1.165) is 25.3 Å². The average Bonchev–Trinajstić information content (AvgIpc) is 2.40. The molecule has 1 unspecified atom stereocenters. The van der Waals surface area contributed by atoms with Crippen molar-refractivity contribution in [2.24, 2.45) is 0 Å². The van der Waals surface area contributed by atoms with E-state index < -0.39 is 0 Å². The van der Waals surface area contributed by atoms with E-state index in [4.69, 9.17) is 9.47 Å². The molecule has 1 atom stereocenters. The van der Waals surface area contributed by atoms with Gasteiger partial charge in [-0.1, -0.05) is 32.0 Å². The first-order valence-corrected chi connectivity index (χ1v) is 7.57. The average molecular weight is 279 g/mol. The molecule has 1 N–H and O–H groups in total. The van der Waals surface area contributed by atoms with Gasteiger partial charge >= 0.3 is 0 Å². The molecule has 0 saturated carbocycles. The van der Waals surface area contributed by atoms with E-state index in [0.29, 0.717) is 6.61 Å². The van der Waals surface area contributed by atoms with Crippen molar-refractivity contribution in [3.05, 3.63) is 29.8 Å². The number of hydrogen-bond donors (Lipinski definition) is 1. The molecule has 3 heteroatoms. The molecule has 114 valence electrons. The van der Waals surface area contributed by atoms with E-state index in [9.17, 15) is 0 Å². The Bertz CT molecular complexity index is 385. The lowest BCUT2D eigenvalue weighted by atomic mass is 10.1. The Morgan fingerprint density at radius 3 is 2.45 bits per heavy atom. The summed E-state index contributed by atoms with van der Waals surface area (Å²) in [5.74, 6) is 0.956. The molecule has 0 amide bonds. The number of hydrogen-bond acceptors (Lipinski definition) is 3. The van der Waals surface area contributed by atoms with Crippen LogP contribution < -0.4 is 10.1 Å². The van der Waals surface area contributed by atoms with Crippen molar-refractivity contribution in [3.8, 4) is 5.75 Å². The molecule has 3 nitrogen and oxygen atoms in total. The molecule has 1 rings (SSSR count). The van der Waals surface area contributed by atoms with Crippen LogP contribution in [0.1, 0.15) is 52.6 Å². The van der Waals surface area contributed by atoms with Crippen LogP contribution in [0, 0.1) is 0 Å². The number of benzene rings is 1. The first-order chi connectivity index (χ1) is 9.48. The zero-order valence-corrected chi connectivity index (χ0v) is 13.5. The van der Waals surface area contributed by atoms with Gasteiger partial charge in [-0.05, 0) is 39.8 Å². The van der Waals surface area contributed by atoms with Gasteiger partial charge in [0.25, 0.3) is 0 Å². The number of rotatable bonds is 8. The smallest absolute Gasteiger partial charge is 0.124 e. The summed E-state index contributed by atoms with van der Waals surface area (Å²) in [6.45, 7) is 12.8. The zero-order valence-electron chi connectivity index (χ0n) is 13.5. The zero-order chi connectivity index (χ0) is 15.0. The second-order valence-corrected chi connectivity index (χ2v) is 5.92. The van der Waals surface area contributed by atoms with Gasteiger partial charge in [0.1, 0.15) is 5.75 Å². The van der Waals surface area contributed by atoms with Gasteiger partial charge in [-0.2, -0.15) is 0 Å².